The first kappa shape index (κ1) is 97.9. The van der Waals surface area contributed by atoms with E-state index in [1.165, 1.54) is 33.8 Å². The molecule has 0 aromatic rings. The second-order valence-corrected chi connectivity index (χ2v) is 32.5. The molecule has 0 aliphatic carbocycles. The molecule has 0 radical (unpaired) electrons. The summed E-state index contributed by atoms with van der Waals surface area (Å²) in [5.41, 5.74) is 12.6. The maximum atomic E-state index is 14.2. The fourth-order valence-corrected chi connectivity index (χ4v) is 15.2. The summed E-state index contributed by atoms with van der Waals surface area (Å²) in [6, 6.07) is -1.19. The van der Waals surface area contributed by atoms with E-state index in [1.54, 1.807) is 46.8 Å². The molecule has 3 saturated heterocycles. The van der Waals surface area contributed by atoms with Gasteiger partial charge in [0.05, 0.1) is 111 Å². The lowest BCUT2D eigenvalue weighted by atomic mass is 9.81. The molecule has 108 heavy (non-hydrogen) atoms. The maximum Gasteiger partial charge on any atom is 0.306 e. The van der Waals surface area contributed by atoms with E-state index in [4.69, 9.17) is 44.6 Å². The molecule has 0 saturated carbocycles. The number of hydrogen-bond acceptors (Lipinski definition) is 31. The molecule has 4 heterocycles. The first-order valence-corrected chi connectivity index (χ1v) is 39.4. The van der Waals surface area contributed by atoms with Crippen LogP contribution in [-0.4, -0.2) is 317 Å². The highest BCUT2D eigenvalue weighted by atomic mass is 16.7. The third kappa shape index (κ3) is 29.4. The van der Waals surface area contributed by atoms with Crippen LogP contribution in [0.1, 0.15) is 186 Å². The van der Waals surface area contributed by atoms with Crippen molar-refractivity contribution in [2.75, 3.05) is 19.8 Å². The smallest absolute Gasteiger partial charge is 0.306 e. The summed E-state index contributed by atoms with van der Waals surface area (Å²) in [6.45, 7) is 19.0. The summed E-state index contributed by atoms with van der Waals surface area (Å²) in [6.07, 6.45) is -33.8. The maximum absolute atomic E-state index is 14.2. The molecule has 31 nitrogen and oxygen atoms in total. The van der Waals surface area contributed by atoms with Crippen LogP contribution < -0.4 is 11.5 Å². The summed E-state index contributed by atoms with van der Waals surface area (Å²) < 4.78 is 42.2. The number of hydrogen-bond donors (Lipinski definition) is 23. The molecular formula is C77H142N2O29. The molecule has 3 fully saturated rings. The number of unbranched alkanes of at least 4 members (excludes halogenated alkanes) is 3. The number of aliphatic hydroxyl groups is 21. The summed E-state index contributed by atoms with van der Waals surface area (Å²) in [7, 11) is 0. The van der Waals surface area contributed by atoms with E-state index in [0.717, 1.165) is 32.1 Å². The summed E-state index contributed by atoms with van der Waals surface area (Å²) >= 11 is 0. The van der Waals surface area contributed by atoms with Gasteiger partial charge in [0.2, 0.25) is 0 Å². The van der Waals surface area contributed by atoms with Crippen molar-refractivity contribution in [3.05, 3.63) is 35.5 Å². The summed E-state index contributed by atoms with van der Waals surface area (Å²) in [4.78, 5) is 14.2. The predicted molar refractivity (Wildman–Crippen MR) is 394 cm³/mol. The molecule has 4 rings (SSSR count). The number of allylic oxidation sites excluding steroid dienone is 1. The lowest BCUT2D eigenvalue weighted by Crippen LogP contribution is -2.65. The number of esters is 1. The number of rotatable bonds is 17. The van der Waals surface area contributed by atoms with Crippen LogP contribution >= 0.6 is 0 Å². The highest BCUT2D eigenvalue weighted by Gasteiger charge is 2.53. The minimum absolute atomic E-state index is 0.0848. The van der Waals surface area contributed by atoms with E-state index in [-0.39, 0.29) is 55.4 Å². The molecule has 39 atom stereocenters. The SMILES string of the molecule is CC1=CC(C)C(O)/C(C)=C/C(O[C@H]2O[C@H](CO)[C@@H](O)[C@H](O[C@@H]3O[C@H](CO)[C@@H](O)[C@H](O)[C@@H]3O)[C@@H]2O)C(O)C(C)C(O)CC(O)CC(O)C(C)C(O)CC(O)CC(O)C(C)C(O)CC(O)CC(O[C@@H]2O[C@H](C)[C@@H](O)[C@H](N)[C@H]2O)C(C)C(C(C)CC(C)CCCCCCN)OC(=O)CCC(C)C(O)CC/C=C/C(C)C1O. The average molecular weight is 1560 g/mol. The third-order valence-corrected chi connectivity index (χ3v) is 23.2. The molecule has 4 aliphatic rings. The zero-order chi connectivity index (χ0) is 81.5. The number of carbonyl (C=O) groups excluding carboxylic acids is 1. The standard InChI is InChI=1S/C77H142N2O29/c1-36(19-15-13-14-18-24-78)25-42(7)73-46(11)57(103-75-69(98)62(79)66(95)47(12)102-75)33-50(84)32-55(89)44(9)53(87)29-48(82)28-52(86)43(8)54(88)30-49(83)31-56(90)45(10)65(94)58(104-77-72(101)74(68(97)60(35-81)106-77)108-76-71(100)70(99)67(96)59(34-80)105-76)27-41(6)64(93)40(5)26-39(4)63(92)38(3)20-16-17-21-51(85)37(2)22-23-61(91)107-73/h16,20,26-27,36-38,40,42-60,62-77,80-90,92-101H,13-15,17-19,21-25,28-35,78-79H2,1-12H3/b20-16+,39-26?,41-27+/t36?,37?,38?,40?,42?,43?,44?,45?,46?,47-,48?,49?,50?,51?,52?,53?,54?,55?,56?,57?,58?,59-,60-,62+,63?,64?,65?,66-,67-,68-,69-,70+,71+,72+,73?,74+,75+,76+,77+/m1/s1. The Kier molecular flexibility index (Phi) is 43.1. The van der Waals surface area contributed by atoms with Gasteiger partial charge in [-0.05, 0) is 120 Å². The van der Waals surface area contributed by atoms with Gasteiger partial charge in [0.15, 0.2) is 18.9 Å². The van der Waals surface area contributed by atoms with Gasteiger partial charge in [-0.2, -0.15) is 0 Å². The second-order valence-electron chi connectivity index (χ2n) is 32.5. The molecular weight excluding hydrogens is 1420 g/mol. The van der Waals surface area contributed by atoms with Crippen LogP contribution in [0.2, 0.25) is 0 Å². The quantitative estimate of drug-likeness (QED) is 0.0462. The van der Waals surface area contributed by atoms with Crippen molar-refractivity contribution in [1.29, 1.82) is 0 Å². The van der Waals surface area contributed by atoms with Crippen LogP contribution in [0.3, 0.4) is 0 Å². The Morgan fingerprint density at radius 1 is 0.500 bits per heavy atom. The number of carbonyl (C=O) groups is 1. The Hall–Kier alpha value is -2.47. The molecule has 4 aliphatic heterocycles. The van der Waals surface area contributed by atoms with Crippen LogP contribution in [0.15, 0.2) is 35.5 Å². The largest absolute Gasteiger partial charge is 0.462 e. The minimum atomic E-state index is -2.09. The zero-order valence-electron chi connectivity index (χ0n) is 65.6. The minimum Gasteiger partial charge on any atom is -0.462 e. The van der Waals surface area contributed by atoms with Gasteiger partial charge in [-0.15, -0.1) is 0 Å². The van der Waals surface area contributed by atoms with E-state index >= 15 is 0 Å². The van der Waals surface area contributed by atoms with Crippen LogP contribution in [0.25, 0.3) is 0 Å². The summed E-state index contributed by atoms with van der Waals surface area (Å²) in [5, 5.41) is 236. The Bertz CT molecular complexity index is 2600. The average Bonchev–Trinajstić information content (AvgIpc) is 0.786. The Morgan fingerprint density at radius 3 is 1.54 bits per heavy atom. The number of nitrogens with two attached hydrogens (primary N) is 2. The van der Waals surface area contributed by atoms with Gasteiger partial charge >= 0.3 is 5.97 Å². The molecule has 24 unspecified atom stereocenters. The highest BCUT2D eigenvalue weighted by molar-refractivity contribution is 5.69. The molecule has 0 aromatic heterocycles. The second kappa shape index (κ2) is 47.5. The number of aliphatic hydroxyl groups excluding tert-OH is 21. The van der Waals surface area contributed by atoms with Crippen molar-refractivity contribution >= 4 is 5.97 Å². The highest BCUT2D eigenvalue weighted by Crippen LogP contribution is 2.37. The molecule has 0 amide bonds. The van der Waals surface area contributed by atoms with Crippen LogP contribution in [-0.2, 0) is 38.0 Å². The first-order chi connectivity index (χ1) is 50.6. The van der Waals surface area contributed by atoms with E-state index in [9.17, 15) is 112 Å². The van der Waals surface area contributed by atoms with Gasteiger partial charge in [-0.25, -0.2) is 0 Å². The van der Waals surface area contributed by atoms with Crippen molar-refractivity contribution in [1.82, 2.24) is 0 Å². The third-order valence-electron chi connectivity index (χ3n) is 23.2. The zero-order valence-corrected chi connectivity index (χ0v) is 65.6. The molecule has 0 aromatic carbocycles. The Labute approximate surface area is 638 Å². The van der Waals surface area contributed by atoms with E-state index in [0.29, 0.717) is 31.4 Å². The van der Waals surface area contributed by atoms with Gasteiger partial charge in [-0.3, -0.25) is 4.79 Å². The van der Waals surface area contributed by atoms with Crippen molar-refractivity contribution < 1.29 is 145 Å². The van der Waals surface area contributed by atoms with Gasteiger partial charge in [0, 0.05) is 48.3 Å². The van der Waals surface area contributed by atoms with Crippen molar-refractivity contribution in [3.8, 4) is 0 Å². The van der Waals surface area contributed by atoms with E-state index in [1.807, 2.05) is 19.9 Å². The van der Waals surface area contributed by atoms with Crippen LogP contribution in [0, 0.1) is 53.3 Å². The molecule has 31 heteroatoms. The topological polar surface area (TPSA) is 559 Å². The summed E-state index contributed by atoms with van der Waals surface area (Å²) in [5.74, 6) is -6.38. The molecule has 634 valence electrons. The van der Waals surface area contributed by atoms with Crippen LogP contribution in [0.5, 0.6) is 0 Å². The lowest BCUT2D eigenvalue weighted by molar-refractivity contribution is -0.364. The van der Waals surface area contributed by atoms with Gasteiger partial charge < -0.3 is 152 Å². The van der Waals surface area contributed by atoms with E-state index in [2.05, 4.69) is 6.92 Å². The normalized spacial score (nSPS) is 45.7. The van der Waals surface area contributed by atoms with Gasteiger partial charge in [0.25, 0.3) is 0 Å². The lowest BCUT2D eigenvalue weighted by Gasteiger charge is -2.46. The van der Waals surface area contributed by atoms with Gasteiger partial charge in [-0.1, -0.05) is 112 Å². The van der Waals surface area contributed by atoms with E-state index < -0.39 is 258 Å². The Morgan fingerprint density at radius 2 is 0.991 bits per heavy atom. The van der Waals surface area contributed by atoms with Crippen molar-refractivity contribution in [2.24, 2.45) is 64.7 Å². The number of cyclic esters (lactones) is 1. The predicted octanol–water partition coefficient (Wildman–Crippen LogP) is -1.20. The first-order valence-electron chi connectivity index (χ1n) is 39.4. The molecule has 0 spiro atoms. The fraction of sp³-hybridized carbons (Fsp3) is 0.909. The monoisotopic (exact) mass is 1560 g/mol. The molecule has 25 N–H and O–H groups in total. The Balaban J connectivity index is 1.70. The fourth-order valence-electron chi connectivity index (χ4n) is 15.2. The van der Waals surface area contributed by atoms with Crippen molar-refractivity contribution in [3.63, 3.8) is 0 Å². The van der Waals surface area contributed by atoms with Gasteiger partial charge in [0.1, 0.15) is 67.1 Å². The van der Waals surface area contributed by atoms with Crippen molar-refractivity contribution in [2.45, 2.75) is 369 Å². The van der Waals surface area contributed by atoms with Crippen LogP contribution in [0.4, 0.5) is 0 Å². The number of ether oxygens (including phenoxy) is 7. The molecule has 0 bridgehead atoms.